The molecule has 0 spiro atoms. The second kappa shape index (κ2) is 7.90. The summed E-state index contributed by atoms with van der Waals surface area (Å²) in [6, 6.07) is 8.17. The Morgan fingerprint density at radius 1 is 1.38 bits per heavy atom. The summed E-state index contributed by atoms with van der Waals surface area (Å²) in [5.74, 6) is 1.66. The van der Waals surface area contributed by atoms with Gasteiger partial charge in [-0.15, -0.1) is 0 Å². The third kappa shape index (κ3) is 4.07. The molecule has 140 valence electrons. The fraction of sp³-hybridized carbons (Fsp3) is 0.500. The van der Waals surface area contributed by atoms with E-state index in [0.717, 1.165) is 35.4 Å². The molecule has 0 N–H and O–H groups in total. The number of hydrogen-bond acceptors (Lipinski definition) is 6. The molecule has 1 aromatic carbocycles. The standard InChI is InChI=1S/C18H25N5O2S/c1-13-12-22(8-9-23(13)18(24)21(2)3)17-19-16(20-26-17)11-14-6-5-7-15(10-14)25-4/h5-7,10,13H,8-9,11-12H2,1-4H3. The van der Waals surface area contributed by atoms with Crippen molar-refractivity contribution >= 4 is 22.7 Å². The number of anilines is 1. The van der Waals surface area contributed by atoms with Crippen molar-refractivity contribution in [3.8, 4) is 5.75 Å². The zero-order valence-electron chi connectivity index (χ0n) is 15.7. The monoisotopic (exact) mass is 375 g/mol. The van der Waals surface area contributed by atoms with Gasteiger partial charge in [-0.2, -0.15) is 4.37 Å². The Labute approximate surface area is 158 Å². The molecule has 2 aromatic rings. The highest BCUT2D eigenvalue weighted by atomic mass is 32.1. The lowest BCUT2D eigenvalue weighted by atomic mass is 10.1. The number of methoxy groups -OCH3 is 1. The van der Waals surface area contributed by atoms with Crippen LogP contribution in [0.2, 0.25) is 0 Å². The number of aromatic nitrogens is 2. The minimum Gasteiger partial charge on any atom is -0.497 e. The quantitative estimate of drug-likeness (QED) is 0.821. The third-order valence-corrected chi connectivity index (χ3v) is 5.29. The van der Waals surface area contributed by atoms with E-state index in [1.165, 1.54) is 11.5 Å². The molecular weight excluding hydrogens is 350 g/mol. The lowest BCUT2D eigenvalue weighted by Gasteiger charge is -2.40. The molecule has 2 heterocycles. The molecule has 1 fully saturated rings. The molecule has 2 amide bonds. The lowest BCUT2D eigenvalue weighted by molar-refractivity contribution is 0.147. The fourth-order valence-corrected chi connectivity index (χ4v) is 3.80. The third-order valence-electron chi connectivity index (χ3n) is 4.48. The topological polar surface area (TPSA) is 61.8 Å². The minimum atomic E-state index is 0.0631. The maximum Gasteiger partial charge on any atom is 0.319 e. The van der Waals surface area contributed by atoms with Gasteiger partial charge in [0.15, 0.2) is 0 Å². The number of hydrogen-bond donors (Lipinski definition) is 0. The molecule has 1 atom stereocenters. The second-order valence-electron chi connectivity index (χ2n) is 6.69. The molecule has 1 unspecified atom stereocenters. The highest BCUT2D eigenvalue weighted by Gasteiger charge is 2.29. The van der Waals surface area contributed by atoms with Gasteiger partial charge in [0, 0.05) is 57.7 Å². The summed E-state index contributed by atoms with van der Waals surface area (Å²) >= 11 is 1.42. The summed E-state index contributed by atoms with van der Waals surface area (Å²) in [5, 5.41) is 0.923. The van der Waals surface area contributed by atoms with Gasteiger partial charge >= 0.3 is 6.03 Å². The van der Waals surface area contributed by atoms with Crippen molar-refractivity contribution in [3.63, 3.8) is 0 Å². The van der Waals surface area contributed by atoms with Crippen molar-refractivity contribution in [1.82, 2.24) is 19.2 Å². The number of carbonyl (C=O) groups is 1. The Bertz CT molecular complexity index is 764. The van der Waals surface area contributed by atoms with Crippen LogP contribution in [0.25, 0.3) is 0 Å². The van der Waals surface area contributed by atoms with Crippen LogP contribution in [-0.4, -0.2) is 72.1 Å². The summed E-state index contributed by atoms with van der Waals surface area (Å²) in [5.41, 5.74) is 1.13. The number of amides is 2. The zero-order chi connectivity index (χ0) is 18.7. The first kappa shape index (κ1) is 18.4. The predicted octanol–water partition coefficient (Wildman–Crippen LogP) is 2.33. The summed E-state index contributed by atoms with van der Waals surface area (Å²) in [6.07, 6.45) is 0.683. The van der Waals surface area contributed by atoms with Crippen molar-refractivity contribution < 1.29 is 9.53 Å². The molecule has 1 saturated heterocycles. The summed E-state index contributed by atoms with van der Waals surface area (Å²) in [6.45, 7) is 4.32. The number of carbonyl (C=O) groups excluding carboxylic acids is 1. The second-order valence-corrected chi connectivity index (χ2v) is 7.42. The highest BCUT2D eigenvalue weighted by Crippen LogP contribution is 2.23. The number of nitrogens with zero attached hydrogens (tertiary/aromatic N) is 5. The van der Waals surface area contributed by atoms with Crippen molar-refractivity contribution in [2.75, 3.05) is 45.7 Å². The van der Waals surface area contributed by atoms with Crippen molar-refractivity contribution in [1.29, 1.82) is 0 Å². The van der Waals surface area contributed by atoms with Crippen LogP contribution in [0.1, 0.15) is 18.3 Å². The van der Waals surface area contributed by atoms with E-state index in [0.29, 0.717) is 13.0 Å². The average Bonchev–Trinajstić information content (AvgIpc) is 3.09. The van der Waals surface area contributed by atoms with E-state index < -0.39 is 0 Å². The van der Waals surface area contributed by atoms with E-state index in [1.54, 1.807) is 26.1 Å². The van der Waals surface area contributed by atoms with Crippen LogP contribution in [-0.2, 0) is 6.42 Å². The molecule has 1 aromatic heterocycles. The fourth-order valence-electron chi connectivity index (χ4n) is 3.08. The number of rotatable bonds is 4. The Morgan fingerprint density at radius 3 is 2.88 bits per heavy atom. The van der Waals surface area contributed by atoms with Gasteiger partial charge in [0.2, 0.25) is 5.13 Å². The summed E-state index contributed by atoms with van der Waals surface area (Å²) in [7, 11) is 5.24. The van der Waals surface area contributed by atoms with Crippen LogP contribution in [0, 0.1) is 0 Å². The van der Waals surface area contributed by atoms with E-state index in [4.69, 9.17) is 9.72 Å². The number of benzene rings is 1. The predicted molar refractivity (Wildman–Crippen MR) is 103 cm³/mol. The van der Waals surface area contributed by atoms with E-state index in [1.807, 2.05) is 23.1 Å². The normalized spacial score (nSPS) is 17.3. The van der Waals surface area contributed by atoms with E-state index >= 15 is 0 Å². The Balaban J connectivity index is 1.64. The zero-order valence-corrected chi connectivity index (χ0v) is 16.5. The smallest absolute Gasteiger partial charge is 0.319 e. The largest absolute Gasteiger partial charge is 0.497 e. The van der Waals surface area contributed by atoms with Gasteiger partial charge in [-0.1, -0.05) is 12.1 Å². The van der Waals surface area contributed by atoms with E-state index in [-0.39, 0.29) is 12.1 Å². The molecule has 7 nitrogen and oxygen atoms in total. The van der Waals surface area contributed by atoms with Gasteiger partial charge < -0.3 is 19.4 Å². The van der Waals surface area contributed by atoms with Gasteiger partial charge in [0.1, 0.15) is 11.6 Å². The van der Waals surface area contributed by atoms with E-state index in [2.05, 4.69) is 22.3 Å². The SMILES string of the molecule is COc1cccc(Cc2nsc(N3CCN(C(=O)N(C)C)C(C)C3)n2)c1. The lowest BCUT2D eigenvalue weighted by Crippen LogP contribution is -2.56. The molecule has 26 heavy (non-hydrogen) atoms. The Kier molecular flexibility index (Phi) is 5.61. The Morgan fingerprint density at radius 2 is 2.19 bits per heavy atom. The molecule has 1 aliphatic heterocycles. The first-order valence-electron chi connectivity index (χ1n) is 8.66. The molecule has 0 aliphatic carbocycles. The maximum absolute atomic E-state index is 12.2. The van der Waals surface area contributed by atoms with Crippen LogP contribution in [0.3, 0.4) is 0 Å². The molecule has 1 aliphatic rings. The number of urea groups is 1. The van der Waals surface area contributed by atoms with Crippen LogP contribution < -0.4 is 9.64 Å². The summed E-state index contributed by atoms with van der Waals surface area (Å²) < 4.78 is 9.78. The number of ether oxygens (including phenoxy) is 1. The van der Waals surface area contributed by atoms with Gasteiger partial charge in [-0.05, 0) is 24.6 Å². The average molecular weight is 375 g/mol. The first-order valence-corrected chi connectivity index (χ1v) is 9.43. The van der Waals surface area contributed by atoms with Gasteiger partial charge in [-0.3, -0.25) is 0 Å². The number of piperazine rings is 1. The maximum atomic E-state index is 12.2. The van der Waals surface area contributed by atoms with Gasteiger partial charge in [-0.25, -0.2) is 9.78 Å². The molecule has 0 saturated carbocycles. The molecule has 0 bridgehead atoms. The van der Waals surface area contributed by atoms with Crippen molar-refractivity contribution in [3.05, 3.63) is 35.7 Å². The van der Waals surface area contributed by atoms with Crippen molar-refractivity contribution in [2.24, 2.45) is 0 Å². The van der Waals surface area contributed by atoms with Crippen molar-refractivity contribution in [2.45, 2.75) is 19.4 Å². The summed E-state index contributed by atoms with van der Waals surface area (Å²) in [4.78, 5) is 22.7. The van der Waals surface area contributed by atoms with Gasteiger partial charge in [0.25, 0.3) is 0 Å². The van der Waals surface area contributed by atoms with Crippen LogP contribution in [0.5, 0.6) is 5.75 Å². The molecule has 3 rings (SSSR count). The van der Waals surface area contributed by atoms with Crippen LogP contribution in [0.15, 0.2) is 24.3 Å². The molecule has 0 radical (unpaired) electrons. The van der Waals surface area contributed by atoms with Crippen LogP contribution >= 0.6 is 11.5 Å². The van der Waals surface area contributed by atoms with Crippen LogP contribution in [0.4, 0.5) is 9.93 Å². The van der Waals surface area contributed by atoms with E-state index in [9.17, 15) is 4.79 Å². The van der Waals surface area contributed by atoms with Gasteiger partial charge in [0.05, 0.1) is 7.11 Å². The molecule has 8 heteroatoms. The first-order chi connectivity index (χ1) is 12.5. The minimum absolute atomic E-state index is 0.0631. The highest BCUT2D eigenvalue weighted by molar-refractivity contribution is 7.09. The molecular formula is C18H25N5O2S. The Hall–Kier alpha value is -2.35.